The van der Waals surface area contributed by atoms with Crippen molar-refractivity contribution in [3.63, 3.8) is 0 Å². The highest BCUT2D eigenvalue weighted by Gasteiger charge is 2.45. The topological polar surface area (TPSA) is 6.48 Å². The van der Waals surface area contributed by atoms with Gasteiger partial charge < -0.3 is 9.80 Å². The molecule has 4 aliphatic rings. The molecule has 61 heavy (non-hydrogen) atoms. The summed E-state index contributed by atoms with van der Waals surface area (Å²) in [4.78, 5) is 5.15. The van der Waals surface area contributed by atoms with E-state index in [0.717, 1.165) is 12.8 Å². The van der Waals surface area contributed by atoms with Crippen molar-refractivity contribution >= 4 is 68.4 Å². The molecule has 2 aliphatic heterocycles. The smallest absolute Gasteiger partial charge is 0.252 e. The molecule has 0 aromatic heterocycles. The molecule has 0 unspecified atom stereocenters. The predicted molar refractivity (Wildman–Crippen MR) is 265 cm³/mol. The van der Waals surface area contributed by atoms with Crippen molar-refractivity contribution in [1.82, 2.24) is 0 Å². The third-order valence-electron chi connectivity index (χ3n) is 14.3. The van der Waals surface area contributed by atoms with Gasteiger partial charge in [0.15, 0.2) is 0 Å². The van der Waals surface area contributed by atoms with Crippen LogP contribution in [0.3, 0.4) is 0 Å². The predicted octanol–water partition coefficient (Wildman–Crippen LogP) is 13.9. The van der Waals surface area contributed by atoms with E-state index >= 15 is 0 Å². The number of hydrogen-bond donors (Lipinski definition) is 0. The summed E-state index contributed by atoms with van der Waals surface area (Å²) in [6.45, 7) is 28.1. The number of nitrogens with zero attached hydrogens (tertiary/aromatic N) is 2. The fraction of sp³-hybridized carbons (Fsp3) is 0.310. The number of rotatable bonds is 3. The molecule has 0 bridgehead atoms. The van der Waals surface area contributed by atoms with E-state index in [2.05, 4.69) is 220 Å². The molecular formula is C58H61BN2. The van der Waals surface area contributed by atoms with Gasteiger partial charge in [0.2, 0.25) is 0 Å². The third-order valence-corrected chi connectivity index (χ3v) is 14.3. The van der Waals surface area contributed by atoms with Crippen LogP contribution in [-0.2, 0) is 21.7 Å². The van der Waals surface area contributed by atoms with Gasteiger partial charge in [-0.2, -0.15) is 0 Å². The normalized spacial score (nSPS) is 16.5. The molecule has 0 fully saturated rings. The molecule has 0 N–H and O–H groups in total. The van der Waals surface area contributed by atoms with Crippen LogP contribution in [0.2, 0.25) is 0 Å². The first kappa shape index (κ1) is 39.6. The summed E-state index contributed by atoms with van der Waals surface area (Å²) in [5.41, 5.74) is 25.5. The minimum Gasteiger partial charge on any atom is -0.311 e. The molecule has 6 aromatic carbocycles. The number of hydrogen-bond acceptors (Lipinski definition) is 2. The van der Waals surface area contributed by atoms with Gasteiger partial charge in [0, 0.05) is 39.5 Å². The minimum atomic E-state index is -0.00502. The second-order valence-electron chi connectivity index (χ2n) is 21.9. The standard InChI is InChI=1S/C58H61BN2/c1-36-32-51-54-52(33-36)61(42-28-22-38(23-29-42)55(2,3)4)50-35-40(57(8,9)10)25-31-48(50)59(54)47-30-24-39(56(5,6)7)34-49(47)60(51)41-26-20-37(21-27-41)43-17-15-19-46-53(43)44-16-13-14-18-45(44)58(46,11)12/h13-14,16-18,20-35H,15,19H2,1-12H3. The van der Waals surface area contributed by atoms with E-state index in [4.69, 9.17) is 0 Å². The molecular weight excluding hydrogens is 735 g/mol. The van der Waals surface area contributed by atoms with Gasteiger partial charge in [-0.1, -0.05) is 161 Å². The van der Waals surface area contributed by atoms with Crippen molar-refractivity contribution < 1.29 is 0 Å². The molecule has 0 saturated heterocycles. The van der Waals surface area contributed by atoms with Gasteiger partial charge in [-0.3, -0.25) is 0 Å². The highest BCUT2D eigenvalue weighted by molar-refractivity contribution is 7.00. The maximum absolute atomic E-state index is 2.58. The average molecular weight is 797 g/mol. The summed E-state index contributed by atoms with van der Waals surface area (Å²) in [7, 11) is 0. The van der Waals surface area contributed by atoms with Gasteiger partial charge in [-0.05, 0) is 151 Å². The first-order chi connectivity index (χ1) is 28.8. The first-order valence-electron chi connectivity index (χ1n) is 22.6. The summed E-state index contributed by atoms with van der Waals surface area (Å²) in [6, 6.07) is 47.5. The van der Waals surface area contributed by atoms with E-state index in [1.165, 1.54) is 101 Å². The molecule has 0 radical (unpaired) electrons. The van der Waals surface area contributed by atoms with Crippen LogP contribution in [0.15, 0.2) is 133 Å². The Morgan fingerprint density at radius 2 is 1.03 bits per heavy atom. The fourth-order valence-corrected chi connectivity index (χ4v) is 10.9. The number of anilines is 6. The van der Waals surface area contributed by atoms with E-state index < -0.39 is 0 Å². The Bertz CT molecular complexity index is 2830. The van der Waals surface area contributed by atoms with Crippen LogP contribution >= 0.6 is 0 Å². The Hall–Kier alpha value is -5.54. The highest BCUT2D eigenvalue weighted by Crippen LogP contribution is 2.55. The van der Waals surface area contributed by atoms with E-state index in [1.54, 1.807) is 5.57 Å². The second kappa shape index (κ2) is 13.5. The summed E-state index contributed by atoms with van der Waals surface area (Å²) < 4.78 is 0. The number of benzene rings is 6. The number of allylic oxidation sites excluding steroid dienone is 4. The summed E-state index contributed by atoms with van der Waals surface area (Å²) >= 11 is 0. The summed E-state index contributed by atoms with van der Waals surface area (Å²) in [6.07, 6.45) is 4.69. The maximum Gasteiger partial charge on any atom is 0.252 e. The maximum atomic E-state index is 2.58. The van der Waals surface area contributed by atoms with Crippen molar-refractivity contribution in [1.29, 1.82) is 0 Å². The Morgan fingerprint density at radius 3 is 1.56 bits per heavy atom. The molecule has 3 heteroatoms. The molecule has 0 spiro atoms. The van der Waals surface area contributed by atoms with Gasteiger partial charge in [-0.15, -0.1) is 0 Å². The fourth-order valence-electron chi connectivity index (χ4n) is 10.9. The molecule has 2 aliphatic carbocycles. The van der Waals surface area contributed by atoms with Crippen molar-refractivity contribution in [2.24, 2.45) is 0 Å². The lowest BCUT2D eigenvalue weighted by Gasteiger charge is -2.45. The SMILES string of the molecule is Cc1cc2c3c(c1)N(c1ccc(C(C)(C)C)cc1)c1cc(C(C)(C)C)ccc1B3c1ccc(C(C)(C)C)cc1N2c1ccc(C2=CCCC3=C2c2ccccc2C3(C)C)cc1. The van der Waals surface area contributed by atoms with E-state index in [-0.39, 0.29) is 28.4 Å². The largest absolute Gasteiger partial charge is 0.311 e. The lowest BCUT2D eigenvalue weighted by atomic mass is 9.33. The summed E-state index contributed by atoms with van der Waals surface area (Å²) in [5.74, 6) is 0. The van der Waals surface area contributed by atoms with Crippen LogP contribution in [0.1, 0.15) is 128 Å². The van der Waals surface area contributed by atoms with E-state index in [0.29, 0.717) is 0 Å². The number of aryl methyl sites for hydroxylation is 1. The minimum absolute atomic E-state index is 0.00502. The monoisotopic (exact) mass is 796 g/mol. The average Bonchev–Trinajstić information content (AvgIpc) is 3.45. The van der Waals surface area contributed by atoms with Crippen LogP contribution in [0, 0.1) is 6.92 Å². The Balaban J connectivity index is 1.18. The molecule has 0 atom stereocenters. The van der Waals surface area contributed by atoms with Crippen LogP contribution in [0.4, 0.5) is 34.1 Å². The lowest BCUT2D eigenvalue weighted by Crippen LogP contribution is -2.61. The second-order valence-corrected chi connectivity index (χ2v) is 21.9. The van der Waals surface area contributed by atoms with Gasteiger partial charge in [-0.25, -0.2) is 0 Å². The van der Waals surface area contributed by atoms with Crippen molar-refractivity contribution in [3.05, 3.63) is 172 Å². The van der Waals surface area contributed by atoms with Crippen molar-refractivity contribution in [2.75, 3.05) is 9.80 Å². The van der Waals surface area contributed by atoms with E-state index in [1.807, 2.05) is 0 Å². The van der Waals surface area contributed by atoms with Crippen LogP contribution < -0.4 is 26.2 Å². The van der Waals surface area contributed by atoms with Crippen LogP contribution in [0.5, 0.6) is 0 Å². The van der Waals surface area contributed by atoms with E-state index in [9.17, 15) is 0 Å². The first-order valence-corrected chi connectivity index (χ1v) is 22.6. The van der Waals surface area contributed by atoms with Crippen LogP contribution in [-0.4, -0.2) is 6.71 Å². The molecule has 6 aromatic rings. The molecule has 306 valence electrons. The molecule has 2 nitrogen and oxygen atoms in total. The van der Waals surface area contributed by atoms with Gasteiger partial charge in [0.05, 0.1) is 0 Å². The van der Waals surface area contributed by atoms with Crippen molar-refractivity contribution in [2.45, 2.75) is 118 Å². The lowest BCUT2D eigenvalue weighted by molar-refractivity contribution is 0.590. The Kier molecular flexibility index (Phi) is 8.75. The molecule has 2 heterocycles. The zero-order valence-corrected chi connectivity index (χ0v) is 38.5. The number of fused-ring (bicyclic) bond motifs is 6. The summed E-state index contributed by atoms with van der Waals surface area (Å²) in [5, 5.41) is 0. The third kappa shape index (κ3) is 6.20. The Labute approximate surface area is 366 Å². The van der Waals surface area contributed by atoms with Crippen molar-refractivity contribution in [3.8, 4) is 0 Å². The quantitative estimate of drug-likeness (QED) is 0.164. The van der Waals surface area contributed by atoms with Gasteiger partial charge >= 0.3 is 0 Å². The molecule has 0 amide bonds. The molecule has 10 rings (SSSR count). The zero-order valence-electron chi connectivity index (χ0n) is 38.5. The Morgan fingerprint density at radius 1 is 0.541 bits per heavy atom. The highest BCUT2D eigenvalue weighted by atomic mass is 15.2. The zero-order chi connectivity index (χ0) is 43.0. The van der Waals surface area contributed by atoms with Crippen LogP contribution in [0.25, 0.3) is 11.1 Å². The van der Waals surface area contributed by atoms with Gasteiger partial charge in [0.1, 0.15) is 0 Å². The van der Waals surface area contributed by atoms with Gasteiger partial charge in [0.25, 0.3) is 6.71 Å². The molecule has 0 saturated carbocycles.